The summed E-state index contributed by atoms with van der Waals surface area (Å²) in [5, 5.41) is 0. The molecule has 0 fully saturated rings. The molecule has 2 nitrogen and oxygen atoms in total. The summed E-state index contributed by atoms with van der Waals surface area (Å²) in [5.74, 6) is 0. The molecule has 2 heteroatoms. The average molecular weight is 166 g/mol. The summed E-state index contributed by atoms with van der Waals surface area (Å²) in [6.45, 7) is 3.07. The number of nitrogens with two attached hydrogens (primary N) is 1. The molecule has 0 amide bonds. The fourth-order valence-electron chi connectivity index (χ4n) is 1.31. The van der Waals surface area contributed by atoms with Crippen molar-refractivity contribution in [3.05, 3.63) is 24.4 Å². The van der Waals surface area contributed by atoms with Gasteiger partial charge in [-0.1, -0.05) is 18.6 Å². The SMILES string of the molecule is NCCCCCN1C=CC=CC1. The van der Waals surface area contributed by atoms with Gasteiger partial charge in [0.2, 0.25) is 0 Å². The van der Waals surface area contributed by atoms with Crippen molar-refractivity contribution in [2.45, 2.75) is 19.3 Å². The van der Waals surface area contributed by atoms with Gasteiger partial charge in [0, 0.05) is 13.1 Å². The van der Waals surface area contributed by atoms with E-state index in [4.69, 9.17) is 5.73 Å². The highest BCUT2D eigenvalue weighted by Crippen LogP contribution is 2.02. The van der Waals surface area contributed by atoms with Crippen LogP contribution in [0.5, 0.6) is 0 Å². The van der Waals surface area contributed by atoms with E-state index in [0.717, 1.165) is 19.5 Å². The van der Waals surface area contributed by atoms with Gasteiger partial charge < -0.3 is 10.6 Å². The van der Waals surface area contributed by atoms with Crippen LogP contribution in [0.3, 0.4) is 0 Å². The Kier molecular flexibility index (Phi) is 4.54. The molecular formula is C10H18N2. The first-order valence-electron chi connectivity index (χ1n) is 4.71. The molecule has 1 heterocycles. The largest absolute Gasteiger partial charge is 0.374 e. The molecule has 1 aliphatic heterocycles. The molecule has 0 bridgehead atoms. The Balaban J connectivity index is 2.00. The van der Waals surface area contributed by atoms with E-state index in [2.05, 4.69) is 29.3 Å². The minimum Gasteiger partial charge on any atom is -0.374 e. The smallest absolute Gasteiger partial charge is 0.0357 e. The quantitative estimate of drug-likeness (QED) is 0.627. The molecule has 0 radical (unpaired) electrons. The normalized spacial score (nSPS) is 15.6. The summed E-state index contributed by atoms with van der Waals surface area (Å²) in [5.41, 5.74) is 5.41. The zero-order valence-corrected chi connectivity index (χ0v) is 7.58. The molecule has 2 N–H and O–H groups in total. The van der Waals surface area contributed by atoms with E-state index in [0.29, 0.717) is 0 Å². The first kappa shape index (κ1) is 9.33. The van der Waals surface area contributed by atoms with Crippen LogP contribution in [0.1, 0.15) is 19.3 Å². The number of allylic oxidation sites excluding steroid dienone is 2. The van der Waals surface area contributed by atoms with Gasteiger partial charge in [0.25, 0.3) is 0 Å². The molecular weight excluding hydrogens is 148 g/mol. The Morgan fingerprint density at radius 2 is 2.08 bits per heavy atom. The lowest BCUT2D eigenvalue weighted by Gasteiger charge is -2.19. The van der Waals surface area contributed by atoms with Crippen molar-refractivity contribution >= 4 is 0 Å². The van der Waals surface area contributed by atoms with Gasteiger partial charge in [0.1, 0.15) is 0 Å². The van der Waals surface area contributed by atoms with E-state index in [1.165, 1.54) is 19.4 Å². The number of unbranched alkanes of at least 4 members (excludes halogenated alkanes) is 2. The second-order valence-electron chi connectivity index (χ2n) is 3.11. The topological polar surface area (TPSA) is 29.3 Å². The van der Waals surface area contributed by atoms with Crippen LogP contribution in [-0.2, 0) is 0 Å². The molecule has 0 spiro atoms. The van der Waals surface area contributed by atoms with Crippen molar-refractivity contribution in [1.82, 2.24) is 4.90 Å². The molecule has 0 unspecified atom stereocenters. The highest BCUT2D eigenvalue weighted by molar-refractivity contribution is 5.08. The van der Waals surface area contributed by atoms with Crippen LogP contribution in [0.15, 0.2) is 24.4 Å². The molecule has 0 aromatic rings. The molecule has 0 aromatic heterocycles. The van der Waals surface area contributed by atoms with Crippen LogP contribution in [0.25, 0.3) is 0 Å². The van der Waals surface area contributed by atoms with Gasteiger partial charge in [0.05, 0.1) is 0 Å². The standard InChI is InChI=1S/C10H18N2/c11-7-3-1-4-8-12-9-5-2-6-10-12/h2,5-6,9H,1,3-4,7-8,10-11H2. The van der Waals surface area contributed by atoms with Gasteiger partial charge in [-0.25, -0.2) is 0 Å². The molecule has 68 valence electrons. The van der Waals surface area contributed by atoms with E-state index < -0.39 is 0 Å². The summed E-state index contributed by atoms with van der Waals surface area (Å²) in [6, 6.07) is 0. The second-order valence-corrected chi connectivity index (χ2v) is 3.11. The molecule has 0 atom stereocenters. The van der Waals surface area contributed by atoms with Gasteiger partial charge >= 0.3 is 0 Å². The van der Waals surface area contributed by atoms with Crippen molar-refractivity contribution < 1.29 is 0 Å². The fraction of sp³-hybridized carbons (Fsp3) is 0.600. The number of nitrogens with zero attached hydrogens (tertiary/aromatic N) is 1. The minimum atomic E-state index is 0.829. The van der Waals surface area contributed by atoms with Crippen molar-refractivity contribution in [2.75, 3.05) is 19.6 Å². The van der Waals surface area contributed by atoms with E-state index in [-0.39, 0.29) is 0 Å². The Bertz CT molecular complexity index is 161. The predicted octanol–water partition coefficient (Wildman–Crippen LogP) is 1.50. The monoisotopic (exact) mass is 166 g/mol. The molecule has 0 saturated carbocycles. The van der Waals surface area contributed by atoms with E-state index in [1.54, 1.807) is 0 Å². The number of hydrogen-bond acceptors (Lipinski definition) is 2. The molecule has 12 heavy (non-hydrogen) atoms. The third-order valence-corrected chi connectivity index (χ3v) is 2.03. The lowest BCUT2D eigenvalue weighted by atomic mass is 10.2. The number of rotatable bonds is 5. The summed E-state index contributed by atoms with van der Waals surface area (Å²) < 4.78 is 0. The summed E-state index contributed by atoms with van der Waals surface area (Å²) in [6.07, 6.45) is 12.2. The van der Waals surface area contributed by atoms with E-state index in [9.17, 15) is 0 Å². The van der Waals surface area contributed by atoms with Crippen LogP contribution in [0.4, 0.5) is 0 Å². The zero-order chi connectivity index (χ0) is 8.65. The Morgan fingerprint density at radius 1 is 1.17 bits per heavy atom. The summed E-state index contributed by atoms with van der Waals surface area (Å²) in [7, 11) is 0. The van der Waals surface area contributed by atoms with Gasteiger partial charge in [-0.05, 0) is 31.7 Å². The molecule has 0 aliphatic carbocycles. The average Bonchev–Trinajstić information content (AvgIpc) is 2.14. The van der Waals surface area contributed by atoms with Crippen molar-refractivity contribution in [3.63, 3.8) is 0 Å². The summed E-state index contributed by atoms with van der Waals surface area (Å²) >= 11 is 0. The van der Waals surface area contributed by atoms with Crippen LogP contribution in [0.2, 0.25) is 0 Å². The van der Waals surface area contributed by atoms with Crippen LogP contribution in [-0.4, -0.2) is 24.5 Å². The maximum absolute atomic E-state index is 5.41. The highest BCUT2D eigenvalue weighted by Gasteiger charge is 1.97. The highest BCUT2D eigenvalue weighted by atomic mass is 15.1. The predicted molar refractivity (Wildman–Crippen MR) is 52.8 cm³/mol. The second kappa shape index (κ2) is 5.84. The molecule has 1 rings (SSSR count). The van der Waals surface area contributed by atoms with Crippen molar-refractivity contribution in [2.24, 2.45) is 5.73 Å². The summed E-state index contributed by atoms with van der Waals surface area (Å²) in [4.78, 5) is 2.33. The minimum absolute atomic E-state index is 0.829. The first-order chi connectivity index (χ1) is 5.93. The fourth-order valence-corrected chi connectivity index (χ4v) is 1.31. The zero-order valence-electron chi connectivity index (χ0n) is 7.58. The van der Waals surface area contributed by atoms with Gasteiger partial charge in [-0.3, -0.25) is 0 Å². The third-order valence-electron chi connectivity index (χ3n) is 2.03. The lowest BCUT2D eigenvalue weighted by Crippen LogP contribution is -2.20. The van der Waals surface area contributed by atoms with Crippen molar-refractivity contribution in [1.29, 1.82) is 0 Å². The van der Waals surface area contributed by atoms with Gasteiger partial charge in [-0.2, -0.15) is 0 Å². The Hall–Kier alpha value is -0.760. The maximum Gasteiger partial charge on any atom is 0.0357 e. The first-order valence-corrected chi connectivity index (χ1v) is 4.71. The number of hydrogen-bond donors (Lipinski definition) is 1. The van der Waals surface area contributed by atoms with Crippen LogP contribution < -0.4 is 5.73 Å². The third kappa shape index (κ3) is 3.58. The van der Waals surface area contributed by atoms with Gasteiger partial charge in [0.15, 0.2) is 0 Å². The van der Waals surface area contributed by atoms with Gasteiger partial charge in [-0.15, -0.1) is 0 Å². The van der Waals surface area contributed by atoms with Crippen molar-refractivity contribution in [3.8, 4) is 0 Å². The van der Waals surface area contributed by atoms with Crippen LogP contribution in [0, 0.1) is 0 Å². The lowest BCUT2D eigenvalue weighted by molar-refractivity contribution is 0.395. The Morgan fingerprint density at radius 3 is 2.75 bits per heavy atom. The Labute approximate surface area is 74.7 Å². The molecule has 1 aliphatic rings. The maximum atomic E-state index is 5.41. The molecule has 0 saturated heterocycles. The molecule has 0 aromatic carbocycles. The van der Waals surface area contributed by atoms with E-state index >= 15 is 0 Å². The van der Waals surface area contributed by atoms with Crippen LogP contribution >= 0.6 is 0 Å². The van der Waals surface area contributed by atoms with E-state index in [1.807, 2.05) is 0 Å².